The summed E-state index contributed by atoms with van der Waals surface area (Å²) in [4.78, 5) is 14.7. The van der Waals surface area contributed by atoms with E-state index in [1.807, 2.05) is 5.32 Å². The first-order valence-corrected chi connectivity index (χ1v) is 4.64. The molecule has 78 valence electrons. The van der Waals surface area contributed by atoms with Crippen LogP contribution in [0.2, 0.25) is 0 Å². The predicted molar refractivity (Wildman–Crippen MR) is 46.5 cm³/mol. The van der Waals surface area contributed by atoms with Gasteiger partial charge in [-0.15, -0.1) is 11.3 Å². The van der Waals surface area contributed by atoms with Crippen LogP contribution in [-0.2, 0) is 0 Å². The van der Waals surface area contributed by atoms with E-state index in [2.05, 4.69) is 4.98 Å². The second kappa shape index (κ2) is 4.43. The fourth-order valence-corrected chi connectivity index (χ4v) is 1.21. The Morgan fingerprint density at radius 2 is 2.43 bits per heavy atom. The van der Waals surface area contributed by atoms with Crippen molar-refractivity contribution in [1.29, 1.82) is 0 Å². The fraction of sp³-hybridized carbons (Fsp3) is 0.429. The van der Waals surface area contributed by atoms with Gasteiger partial charge >= 0.3 is 0 Å². The van der Waals surface area contributed by atoms with Gasteiger partial charge in [0.25, 0.3) is 11.8 Å². The first-order valence-electron chi connectivity index (χ1n) is 3.70. The molecule has 14 heavy (non-hydrogen) atoms. The van der Waals surface area contributed by atoms with Crippen molar-refractivity contribution in [2.45, 2.75) is 5.92 Å². The zero-order valence-electron chi connectivity index (χ0n) is 7.04. The van der Waals surface area contributed by atoms with Crippen molar-refractivity contribution in [3.05, 3.63) is 16.6 Å². The van der Waals surface area contributed by atoms with Gasteiger partial charge in [0.05, 0.1) is 12.1 Å². The van der Waals surface area contributed by atoms with Gasteiger partial charge in [0.15, 0.2) is 0 Å². The summed E-state index contributed by atoms with van der Waals surface area (Å²) in [5.74, 6) is -3.95. The number of alkyl halides is 2. The molecule has 1 amide bonds. The number of aliphatic hydroxyl groups excluding tert-OH is 1. The maximum atomic E-state index is 12.5. The monoisotopic (exact) mass is 222 g/mol. The Kier molecular flexibility index (Phi) is 3.48. The Hall–Kier alpha value is -1.08. The van der Waals surface area contributed by atoms with Crippen LogP contribution in [0.5, 0.6) is 0 Å². The van der Waals surface area contributed by atoms with Gasteiger partial charge in [-0.3, -0.25) is 4.79 Å². The maximum absolute atomic E-state index is 12.5. The first-order chi connectivity index (χ1) is 6.55. The number of amides is 1. The van der Waals surface area contributed by atoms with Crippen LogP contribution in [0.25, 0.3) is 0 Å². The average molecular weight is 222 g/mol. The lowest BCUT2D eigenvalue weighted by Crippen LogP contribution is -2.39. The summed E-state index contributed by atoms with van der Waals surface area (Å²) < 4.78 is 24.9. The van der Waals surface area contributed by atoms with Crippen molar-refractivity contribution in [2.24, 2.45) is 0 Å². The van der Waals surface area contributed by atoms with E-state index in [1.165, 1.54) is 22.2 Å². The van der Waals surface area contributed by atoms with E-state index in [-0.39, 0.29) is 5.69 Å². The normalized spacial score (nSPS) is 11.4. The number of rotatable bonds is 4. The second-order valence-electron chi connectivity index (χ2n) is 2.57. The van der Waals surface area contributed by atoms with Crippen LogP contribution in [0.1, 0.15) is 10.5 Å². The van der Waals surface area contributed by atoms with E-state index >= 15 is 0 Å². The summed E-state index contributed by atoms with van der Waals surface area (Å²) in [5.41, 5.74) is 1.53. The summed E-state index contributed by atoms with van der Waals surface area (Å²) in [6.07, 6.45) is 0. The highest BCUT2D eigenvalue weighted by atomic mass is 32.1. The fourth-order valence-electron chi connectivity index (χ4n) is 0.681. The van der Waals surface area contributed by atoms with Crippen LogP contribution in [-0.4, -0.2) is 35.1 Å². The van der Waals surface area contributed by atoms with E-state index < -0.39 is 25.0 Å². The largest absolute Gasteiger partial charge is 0.390 e. The number of nitrogens with zero attached hydrogens (tertiary/aromatic N) is 1. The van der Waals surface area contributed by atoms with Gasteiger partial charge in [-0.25, -0.2) is 13.8 Å². The standard InChI is InChI=1S/C7H8F2N2O2S/c8-7(9,3-12)2-10-6(13)5-1-14-4-11-5/h1,4,12H,2-3H2,(H,10,13). The van der Waals surface area contributed by atoms with Crippen LogP contribution in [0.4, 0.5) is 8.78 Å². The number of hydrogen-bond acceptors (Lipinski definition) is 4. The molecule has 0 saturated heterocycles. The van der Waals surface area contributed by atoms with E-state index in [9.17, 15) is 13.6 Å². The zero-order valence-corrected chi connectivity index (χ0v) is 7.85. The average Bonchev–Trinajstić information content (AvgIpc) is 2.67. The third-order valence-electron chi connectivity index (χ3n) is 1.40. The van der Waals surface area contributed by atoms with Crippen molar-refractivity contribution in [2.75, 3.05) is 13.2 Å². The zero-order chi connectivity index (χ0) is 10.6. The summed E-state index contributed by atoms with van der Waals surface area (Å²) >= 11 is 1.20. The molecule has 0 bridgehead atoms. The van der Waals surface area contributed by atoms with E-state index in [1.54, 1.807) is 0 Å². The Morgan fingerprint density at radius 1 is 1.71 bits per heavy atom. The van der Waals surface area contributed by atoms with Crippen LogP contribution < -0.4 is 5.32 Å². The number of hydrogen-bond donors (Lipinski definition) is 2. The lowest BCUT2D eigenvalue weighted by Gasteiger charge is -2.12. The lowest BCUT2D eigenvalue weighted by atomic mass is 10.3. The smallest absolute Gasteiger partial charge is 0.287 e. The van der Waals surface area contributed by atoms with Crippen molar-refractivity contribution in [3.8, 4) is 0 Å². The van der Waals surface area contributed by atoms with Crippen LogP contribution in [0.15, 0.2) is 10.9 Å². The number of halogens is 2. The predicted octanol–water partition coefficient (Wildman–Crippen LogP) is 0.500. The molecule has 0 unspecified atom stereocenters. The van der Waals surface area contributed by atoms with Gasteiger partial charge in [0, 0.05) is 5.38 Å². The van der Waals surface area contributed by atoms with Gasteiger partial charge in [0.2, 0.25) is 0 Å². The highest BCUT2D eigenvalue weighted by Crippen LogP contribution is 2.10. The Bertz CT molecular complexity index is 303. The molecule has 1 aromatic rings. The molecule has 1 rings (SSSR count). The Labute approximate surface area is 82.6 Å². The van der Waals surface area contributed by atoms with Crippen LogP contribution in [0.3, 0.4) is 0 Å². The van der Waals surface area contributed by atoms with Crippen molar-refractivity contribution in [1.82, 2.24) is 10.3 Å². The van der Waals surface area contributed by atoms with Crippen molar-refractivity contribution >= 4 is 17.2 Å². The molecule has 0 fully saturated rings. The number of nitrogens with one attached hydrogen (secondary N) is 1. The SMILES string of the molecule is O=C(NCC(F)(F)CO)c1cscn1. The van der Waals surface area contributed by atoms with Crippen molar-refractivity contribution < 1.29 is 18.7 Å². The molecule has 0 radical (unpaired) electrons. The summed E-state index contributed by atoms with van der Waals surface area (Å²) in [6.45, 7) is -2.18. The molecule has 0 aliphatic rings. The number of aliphatic hydroxyl groups is 1. The summed E-state index contributed by atoms with van der Waals surface area (Å²) in [5, 5.41) is 11.6. The molecule has 7 heteroatoms. The van der Waals surface area contributed by atoms with Gasteiger partial charge in [-0.2, -0.15) is 0 Å². The highest BCUT2D eigenvalue weighted by molar-refractivity contribution is 7.07. The lowest BCUT2D eigenvalue weighted by molar-refractivity contribution is -0.0462. The molecule has 4 nitrogen and oxygen atoms in total. The number of aromatic nitrogens is 1. The minimum Gasteiger partial charge on any atom is -0.390 e. The van der Waals surface area contributed by atoms with E-state index in [4.69, 9.17) is 5.11 Å². The minimum absolute atomic E-state index is 0.101. The van der Waals surface area contributed by atoms with Crippen LogP contribution >= 0.6 is 11.3 Å². The molecule has 0 spiro atoms. The van der Waals surface area contributed by atoms with Gasteiger partial charge < -0.3 is 10.4 Å². The minimum atomic E-state index is -3.29. The molecule has 0 aliphatic heterocycles. The first kappa shape index (κ1) is 11.0. The summed E-state index contributed by atoms with van der Waals surface area (Å²) in [7, 11) is 0. The van der Waals surface area contributed by atoms with Gasteiger partial charge in [0.1, 0.15) is 12.3 Å². The molecule has 0 aromatic carbocycles. The van der Waals surface area contributed by atoms with Gasteiger partial charge in [-0.05, 0) is 0 Å². The molecule has 1 aromatic heterocycles. The van der Waals surface area contributed by atoms with E-state index in [0.717, 1.165) is 0 Å². The highest BCUT2D eigenvalue weighted by Gasteiger charge is 2.28. The topological polar surface area (TPSA) is 62.2 Å². The quantitative estimate of drug-likeness (QED) is 0.779. The summed E-state index contributed by atoms with van der Waals surface area (Å²) in [6, 6.07) is 0. The third-order valence-corrected chi connectivity index (χ3v) is 1.99. The molecule has 0 saturated carbocycles. The molecule has 0 aliphatic carbocycles. The third kappa shape index (κ3) is 3.00. The number of carbonyl (C=O) groups excluding carboxylic acids is 1. The van der Waals surface area contributed by atoms with Crippen LogP contribution in [0, 0.1) is 0 Å². The molecule has 1 heterocycles. The number of thiazole rings is 1. The maximum Gasteiger partial charge on any atom is 0.287 e. The Morgan fingerprint density at radius 3 is 2.93 bits per heavy atom. The number of carbonyl (C=O) groups is 1. The molecule has 0 atom stereocenters. The molecular weight excluding hydrogens is 214 g/mol. The van der Waals surface area contributed by atoms with E-state index in [0.29, 0.717) is 0 Å². The second-order valence-corrected chi connectivity index (χ2v) is 3.29. The Balaban J connectivity index is 2.43. The van der Waals surface area contributed by atoms with Crippen molar-refractivity contribution in [3.63, 3.8) is 0 Å². The molecule has 2 N–H and O–H groups in total. The van der Waals surface area contributed by atoms with Gasteiger partial charge in [-0.1, -0.05) is 0 Å². The molecular formula is C7H8F2N2O2S.